The molecule has 0 unspecified atom stereocenters. The molecular weight excluding hydrogens is 490 g/mol. The highest BCUT2D eigenvalue weighted by Crippen LogP contribution is 2.38. The first kappa shape index (κ1) is 26.4. The van der Waals surface area contributed by atoms with Crippen LogP contribution in [0.5, 0.6) is 5.75 Å². The van der Waals surface area contributed by atoms with Gasteiger partial charge < -0.3 is 14.3 Å². The minimum absolute atomic E-state index is 0.0241. The summed E-state index contributed by atoms with van der Waals surface area (Å²) in [5, 5.41) is 9.08. The van der Waals surface area contributed by atoms with E-state index in [1.807, 2.05) is 26.0 Å². The van der Waals surface area contributed by atoms with Gasteiger partial charge in [-0.1, -0.05) is 49.7 Å². The molecule has 186 valence electrons. The van der Waals surface area contributed by atoms with Crippen LogP contribution in [0.2, 0.25) is 5.02 Å². The van der Waals surface area contributed by atoms with Crippen molar-refractivity contribution >= 4 is 39.4 Å². The maximum Gasteiger partial charge on any atom is 0.328 e. The van der Waals surface area contributed by atoms with Crippen LogP contribution < -0.4 is 9.04 Å². The Kier molecular flexibility index (Phi) is 8.30. The molecule has 0 radical (unpaired) electrons. The first-order valence-electron chi connectivity index (χ1n) is 11.0. The monoisotopic (exact) mass is 517 g/mol. The lowest BCUT2D eigenvalue weighted by molar-refractivity contribution is -0.131. The van der Waals surface area contributed by atoms with E-state index in [1.165, 1.54) is 16.4 Å². The molecule has 0 fully saturated rings. The zero-order valence-electron chi connectivity index (χ0n) is 20.0. The molecule has 3 aromatic rings. The first-order valence-corrected chi connectivity index (χ1v) is 12.8. The Bertz CT molecular complexity index is 1330. The number of furan rings is 1. The first-order chi connectivity index (χ1) is 16.5. The van der Waals surface area contributed by atoms with Gasteiger partial charge >= 0.3 is 5.97 Å². The highest BCUT2D eigenvalue weighted by molar-refractivity contribution is 7.92. The molecule has 0 aliphatic heterocycles. The highest BCUT2D eigenvalue weighted by atomic mass is 35.5. The van der Waals surface area contributed by atoms with Crippen LogP contribution in [0, 0.1) is 19.8 Å². The number of rotatable bonds is 10. The van der Waals surface area contributed by atoms with E-state index in [2.05, 4.69) is 0 Å². The Labute approximate surface area is 210 Å². The smallest absolute Gasteiger partial charge is 0.328 e. The summed E-state index contributed by atoms with van der Waals surface area (Å²) in [5.74, 6) is -0.177. The Hall–Kier alpha value is -3.23. The van der Waals surface area contributed by atoms with Gasteiger partial charge in [-0.2, -0.15) is 8.42 Å². The van der Waals surface area contributed by atoms with Gasteiger partial charge in [0.25, 0.3) is 10.0 Å². The van der Waals surface area contributed by atoms with Crippen molar-refractivity contribution in [1.29, 1.82) is 0 Å². The highest BCUT2D eigenvalue weighted by Gasteiger charge is 2.31. The lowest BCUT2D eigenvalue weighted by Gasteiger charge is -2.27. The number of aryl methyl sites for hydroxylation is 2. The number of halogens is 1. The number of benzene rings is 2. The van der Waals surface area contributed by atoms with Crippen LogP contribution in [0.25, 0.3) is 6.08 Å². The largest absolute Gasteiger partial charge is 0.487 e. The molecule has 0 aliphatic carbocycles. The topological polar surface area (TPSA) is 97.0 Å². The average Bonchev–Trinajstić information content (AvgIpc) is 3.24. The molecule has 0 atom stereocenters. The zero-order valence-corrected chi connectivity index (χ0v) is 21.6. The minimum atomic E-state index is -3.99. The molecule has 1 aromatic heterocycles. The minimum Gasteiger partial charge on any atom is -0.487 e. The molecule has 0 bridgehead atoms. The summed E-state index contributed by atoms with van der Waals surface area (Å²) in [6, 6.07) is 13.5. The second-order valence-electron chi connectivity index (χ2n) is 8.57. The number of hydrogen-bond donors (Lipinski definition) is 1. The molecule has 35 heavy (non-hydrogen) atoms. The third kappa shape index (κ3) is 6.68. The Morgan fingerprint density at radius 2 is 1.83 bits per heavy atom. The Morgan fingerprint density at radius 3 is 2.40 bits per heavy atom. The van der Waals surface area contributed by atoms with E-state index in [9.17, 15) is 13.2 Å². The van der Waals surface area contributed by atoms with E-state index in [0.29, 0.717) is 27.8 Å². The molecule has 3 rings (SSSR count). The molecule has 0 saturated heterocycles. The maximum absolute atomic E-state index is 13.5. The fraction of sp³-hybridized carbons (Fsp3) is 0.269. The summed E-state index contributed by atoms with van der Waals surface area (Å²) < 4.78 is 39.9. The van der Waals surface area contributed by atoms with Crippen molar-refractivity contribution < 1.29 is 27.5 Å². The van der Waals surface area contributed by atoms with Crippen molar-refractivity contribution in [2.45, 2.75) is 39.4 Å². The number of hydrogen-bond acceptors (Lipinski definition) is 5. The van der Waals surface area contributed by atoms with Gasteiger partial charge in [0.05, 0.1) is 5.69 Å². The summed E-state index contributed by atoms with van der Waals surface area (Å²) in [4.78, 5) is 10.7. The number of ether oxygens (including phenoxy) is 1. The van der Waals surface area contributed by atoms with Gasteiger partial charge in [-0.3, -0.25) is 4.31 Å². The van der Waals surface area contributed by atoms with Crippen LogP contribution in [0.1, 0.15) is 36.3 Å². The second kappa shape index (κ2) is 11.0. The molecular formula is C26H28ClNO6S. The molecule has 7 nitrogen and oxygen atoms in total. The van der Waals surface area contributed by atoms with E-state index >= 15 is 0 Å². The quantitative estimate of drug-likeness (QED) is 0.327. The summed E-state index contributed by atoms with van der Waals surface area (Å²) in [6.07, 6.45) is 2.56. The van der Waals surface area contributed by atoms with Crippen LogP contribution in [0.4, 0.5) is 5.69 Å². The van der Waals surface area contributed by atoms with Crippen molar-refractivity contribution in [3.63, 3.8) is 0 Å². The lowest BCUT2D eigenvalue weighted by atomic mass is 10.1. The standard InChI is InChI=1S/C26H28ClNO6S/c1-17(2)15-28(35(31,32)26-12-5-19(4)34-26)23-13-18(3)22(27)14-24(23)33-16-21-8-6-20(7-9-21)10-11-25(29)30/h5-14,17H,15-16H2,1-4H3,(H,29,30). The number of sulfonamides is 1. The summed E-state index contributed by atoms with van der Waals surface area (Å²) >= 11 is 6.37. The van der Waals surface area contributed by atoms with E-state index in [1.54, 1.807) is 44.2 Å². The third-order valence-corrected chi connectivity index (χ3v) is 7.15. The number of aliphatic carboxylic acids is 1. The van der Waals surface area contributed by atoms with E-state index in [4.69, 9.17) is 25.9 Å². The molecule has 0 amide bonds. The molecule has 1 N–H and O–H groups in total. The fourth-order valence-electron chi connectivity index (χ4n) is 3.33. The van der Waals surface area contributed by atoms with Gasteiger partial charge in [0.2, 0.25) is 5.09 Å². The van der Waals surface area contributed by atoms with Gasteiger partial charge in [-0.05, 0) is 60.7 Å². The van der Waals surface area contributed by atoms with E-state index in [0.717, 1.165) is 17.2 Å². The normalized spacial score (nSPS) is 11.8. The van der Waals surface area contributed by atoms with Crippen LogP contribution in [0.15, 0.2) is 64.1 Å². The average molecular weight is 518 g/mol. The van der Waals surface area contributed by atoms with Crippen molar-refractivity contribution in [1.82, 2.24) is 0 Å². The summed E-state index contributed by atoms with van der Waals surface area (Å²) in [7, 11) is -3.99. The predicted molar refractivity (Wildman–Crippen MR) is 136 cm³/mol. The van der Waals surface area contributed by atoms with Gasteiger partial charge in [0.1, 0.15) is 18.1 Å². The SMILES string of the molecule is Cc1ccc(S(=O)(=O)N(CC(C)C)c2cc(C)c(Cl)cc2OCc2ccc(C=CC(=O)O)cc2)o1. The van der Waals surface area contributed by atoms with Gasteiger partial charge in [0, 0.05) is 23.7 Å². The molecule has 0 spiro atoms. The van der Waals surface area contributed by atoms with Crippen molar-refractivity contribution in [3.8, 4) is 5.75 Å². The van der Waals surface area contributed by atoms with Crippen LogP contribution in [-0.2, 0) is 21.4 Å². The number of nitrogens with zero attached hydrogens (tertiary/aromatic N) is 1. The van der Waals surface area contributed by atoms with Crippen LogP contribution in [0.3, 0.4) is 0 Å². The second-order valence-corrected chi connectivity index (χ2v) is 10.8. The Morgan fingerprint density at radius 1 is 1.14 bits per heavy atom. The summed E-state index contributed by atoms with van der Waals surface area (Å²) in [6.45, 7) is 7.72. The van der Waals surface area contributed by atoms with Crippen molar-refractivity contribution in [2.75, 3.05) is 10.8 Å². The lowest BCUT2D eigenvalue weighted by Crippen LogP contribution is -2.34. The third-order valence-electron chi connectivity index (χ3n) is 5.09. The molecule has 2 aromatic carbocycles. The molecule has 9 heteroatoms. The molecule has 0 saturated carbocycles. The number of carboxylic acids is 1. The number of anilines is 1. The Balaban J connectivity index is 1.96. The van der Waals surface area contributed by atoms with Crippen LogP contribution >= 0.6 is 11.6 Å². The van der Waals surface area contributed by atoms with Gasteiger partial charge in [-0.15, -0.1) is 0 Å². The molecule has 0 aliphatic rings. The summed E-state index contributed by atoms with van der Waals surface area (Å²) in [5.41, 5.74) is 2.64. The zero-order chi connectivity index (χ0) is 25.8. The van der Waals surface area contributed by atoms with Crippen molar-refractivity contribution in [2.24, 2.45) is 5.92 Å². The predicted octanol–water partition coefficient (Wildman–Crippen LogP) is 6.08. The van der Waals surface area contributed by atoms with E-state index < -0.39 is 16.0 Å². The van der Waals surface area contributed by atoms with E-state index in [-0.39, 0.29) is 24.2 Å². The molecule has 1 heterocycles. The number of carboxylic acid groups (broad SMARTS) is 1. The van der Waals surface area contributed by atoms with Gasteiger partial charge in [-0.25, -0.2) is 4.79 Å². The fourth-order valence-corrected chi connectivity index (χ4v) is 5.07. The van der Waals surface area contributed by atoms with Crippen LogP contribution in [-0.4, -0.2) is 26.0 Å². The maximum atomic E-state index is 13.5. The number of carbonyl (C=O) groups is 1. The van der Waals surface area contributed by atoms with Crippen molar-refractivity contribution in [3.05, 3.63) is 82.1 Å². The van der Waals surface area contributed by atoms with Gasteiger partial charge in [0.15, 0.2) is 0 Å².